The van der Waals surface area contributed by atoms with Gasteiger partial charge in [0.25, 0.3) is 0 Å². The van der Waals surface area contributed by atoms with Gasteiger partial charge < -0.3 is 5.32 Å². The Bertz CT molecular complexity index is 429. The average molecular weight is 228 g/mol. The van der Waals surface area contributed by atoms with Crippen LogP contribution in [0.2, 0.25) is 0 Å². The number of benzene rings is 1. The summed E-state index contributed by atoms with van der Waals surface area (Å²) in [6.07, 6.45) is 0.972. The van der Waals surface area contributed by atoms with Gasteiger partial charge in [-0.15, -0.1) is 0 Å². The van der Waals surface area contributed by atoms with Crippen molar-refractivity contribution in [3.63, 3.8) is 0 Å². The van der Waals surface area contributed by atoms with Crippen molar-refractivity contribution in [1.29, 1.82) is 0 Å². The molecule has 0 heterocycles. The van der Waals surface area contributed by atoms with Crippen molar-refractivity contribution in [2.45, 2.75) is 31.2 Å². The predicted octanol–water partition coefficient (Wildman–Crippen LogP) is 1.54. The van der Waals surface area contributed by atoms with E-state index in [-0.39, 0.29) is 4.90 Å². The van der Waals surface area contributed by atoms with Crippen LogP contribution in [-0.2, 0) is 10.0 Å². The van der Waals surface area contributed by atoms with Gasteiger partial charge >= 0.3 is 0 Å². The Kier molecular flexibility index (Phi) is 3.71. The molecule has 0 saturated heterocycles. The molecule has 0 aliphatic rings. The van der Waals surface area contributed by atoms with Crippen LogP contribution in [-0.4, -0.2) is 14.5 Å². The molecule has 1 atom stereocenters. The van der Waals surface area contributed by atoms with E-state index in [0.29, 0.717) is 6.04 Å². The van der Waals surface area contributed by atoms with Gasteiger partial charge in [0.05, 0.1) is 4.90 Å². The number of rotatable bonds is 4. The van der Waals surface area contributed by atoms with Crippen LogP contribution in [0.25, 0.3) is 0 Å². The monoisotopic (exact) mass is 228 g/mol. The van der Waals surface area contributed by atoms with Gasteiger partial charge in [0, 0.05) is 11.7 Å². The lowest BCUT2D eigenvalue weighted by Crippen LogP contribution is -2.15. The highest BCUT2D eigenvalue weighted by Crippen LogP contribution is 2.15. The van der Waals surface area contributed by atoms with Crippen LogP contribution in [0.4, 0.5) is 5.69 Å². The van der Waals surface area contributed by atoms with Crippen molar-refractivity contribution in [2.75, 3.05) is 5.32 Å². The lowest BCUT2D eigenvalue weighted by molar-refractivity contribution is 0.598. The third kappa shape index (κ3) is 3.53. The molecule has 4 nitrogen and oxygen atoms in total. The highest BCUT2D eigenvalue weighted by atomic mass is 32.2. The Morgan fingerprint density at radius 2 is 2.13 bits per heavy atom. The largest absolute Gasteiger partial charge is 0.383 e. The summed E-state index contributed by atoms with van der Waals surface area (Å²) >= 11 is 0. The second-order valence-corrected chi connectivity index (χ2v) is 5.09. The zero-order valence-electron chi connectivity index (χ0n) is 8.90. The van der Waals surface area contributed by atoms with Crippen LogP contribution in [0.1, 0.15) is 20.3 Å². The predicted molar refractivity (Wildman–Crippen MR) is 61.2 cm³/mol. The third-order valence-electron chi connectivity index (χ3n) is 2.19. The van der Waals surface area contributed by atoms with Crippen LogP contribution < -0.4 is 10.5 Å². The van der Waals surface area contributed by atoms with E-state index in [1.165, 1.54) is 6.07 Å². The maximum Gasteiger partial charge on any atom is 0.238 e. The summed E-state index contributed by atoms with van der Waals surface area (Å²) in [5.41, 5.74) is 0.774. The summed E-state index contributed by atoms with van der Waals surface area (Å²) in [4.78, 5) is 0.135. The summed E-state index contributed by atoms with van der Waals surface area (Å²) < 4.78 is 22.2. The molecule has 0 aliphatic carbocycles. The summed E-state index contributed by atoms with van der Waals surface area (Å²) in [6, 6.07) is 6.82. The van der Waals surface area contributed by atoms with Gasteiger partial charge in [0.15, 0.2) is 0 Å². The molecule has 0 aliphatic heterocycles. The molecule has 3 N–H and O–H groups in total. The molecule has 0 spiro atoms. The van der Waals surface area contributed by atoms with Gasteiger partial charge in [-0.05, 0) is 31.5 Å². The minimum Gasteiger partial charge on any atom is -0.383 e. The zero-order valence-corrected chi connectivity index (χ0v) is 9.71. The fourth-order valence-electron chi connectivity index (χ4n) is 1.15. The average Bonchev–Trinajstić information content (AvgIpc) is 2.17. The number of primary sulfonamides is 1. The molecule has 0 radical (unpaired) electrons. The maximum atomic E-state index is 11.1. The van der Waals surface area contributed by atoms with Crippen LogP contribution >= 0.6 is 0 Å². The molecular formula is C10H16N2O2S. The fourth-order valence-corrected chi connectivity index (χ4v) is 1.71. The second kappa shape index (κ2) is 4.63. The van der Waals surface area contributed by atoms with Crippen molar-refractivity contribution in [1.82, 2.24) is 0 Å². The highest BCUT2D eigenvalue weighted by Gasteiger charge is 2.08. The first-order chi connectivity index (χ1) is 6.93. The number of sulfonamides is 1. The molecular weight excluding hydrogens is 212 g/mol. The molecule has 0 aromatic heterocycles. The van der Waals surface area contributed by atoms with Gasteiger partial charge in [0.2, 0.25) is 10.0 Å². The molecule has 5 heteroatoms. The molecule has 1 aromatic rings. The van der Waals surface area contributed by atoms with E-state index in [4.69, 9.17) is 5.14 Å². The van der Waals surface area contributed by atoms with E-state index in [2.05, 4.69) is 12.2 Å². The highest BCUT2D eigenvalue weighted by molar-refractivity contribution is 7.89. The van der Waals surface area contributed by atoms with Gasteiger partial charge in [-0.25, -0.2) is 13.6 Å². The number of nitrogens with two attached hydrogens (primary N) is 1. The fraction of sp³-hybridized carbons (Fsp3) is 0.400. The minimum absolute atomic E-state index is 0.135. The Labute approximate surface area is 90.5 Å². The molecule has 0 amide bonds. The first kappa shape index (κ1) is 12.0. The van der Waals surface area contributed by atoms with Crippen molar-refractivity contribution in [3.05, 3.63) is 24.3 Å². The van der Waals surface area contributed by atoms with Crippen LogP contribution in [0.3, 0.4) is 0 Å². The smallest absolute Gasteiger partial charge is 0.238 e. The lowest BCUT2D eigenvalue weighted by atomic mass is 10.2. The van der Waals surface area contributed by atoms with Crippen molar-refractivity contribution >= 4 is 15.7 Å². The molecule has 0 fully saturated rings. The molecule has 84 valence electrons. The quantitative estimate of drug-likeness (QED) is 0.821. The normalized spacial score (nSPS) is 13.5. The van der Waals surface area contributed by atoms with E-state index < -0.39 is 10.0 Å². The Morgan fingerprint density at radius 1 is 1.47 bits per heavy atom. The van der Waals surface area contributed by atoms with Crippen LogP contribution in [0.5, 0.6) is 0 Å². The van der Waals surface area contributed by atoms with Crippen molar-refractivity contribution < 1.29 is 8.42 Å². The molecule has 15 heavy (non-hydrogen) atoms. The van der Waals surface area contributed by atoms with Crippen molar-refractivity contribution in [2.24, 2.45) is 5.14 Å². The minimum atomic E-state index is -3.61. The number of nitrogens with one attached hydrogen (secondary N) is 1. The van der Waals surface area contributed by atoms with Crippen LogP contribution in [0, 0.1) is 0 Å². The number of anilines is 1. The van der Waals surface area contributed by atoms with Crippen LogP contribution in [0.15, 0.2) is 29.2 Å². The molecule has 0 saturated carbocycles. The van der Waals surface area contributed by atoms with Crippen molar-refractivity contribution in [3.8, 4) is 0 Å². The zero-order chi connectivity index (χ0) is 11.5. The number of hydrogen-bond donors (Lipinski definition) is 2. The third-order valence-corrected chi connectivity index (χ3v) is 3.10. The van der Waals surface area contributed by atoms with Gasteiger partial charge in [-0.2, -0.15) is 0 Å². The molecule has 0 bridgehead atoms. The summed E-state index contributed by atoms with van der Waals surface area (Å²) in [6.45, 7) is 4.09. The van der Waals surface area contributed by atoms with Gasteiger partial charge in [-0.3, -0.25) is 0 Å². The van der Waals surface area contributed by atoms with E-state index in [1.54, 1.807) is 12.1 Å². The van der Waals surface area contributed by atoms with E-state index >= 15 is 0 Å². The van der Waals surface area contributed by atoms with E-state index in [1.807, 2.05) is 13.0 Å². The lowest BCUT2D eigenvalue weighted by Gasteiger charge is -2.13. The standard InChI is InChI=1S/C10H16N2O2S/c1-3-8(2)12-9-5-4-6-10(7-9)15(11,13)14/h4-8,12H,3H2,1-2H3,(H2,11,13,14). The second-order valence-electron chi connectivity index (χ2n) is 3.53. The molecule has 1 aromatic carbocycles. The van der Waals surface area contributed by atoms with E-state index in [9.17, 15) is 8.42 Å². The van der Waals surface area contributed by atoms with E-state index in [0.717, 1.165) is 12.1 Å². The molecule has 1 rings (SSSR count). The Morgan fingerprint density at radius 3 is 2.67 bits per heavy atom. The van der Waals surface area contributed by atoms with Gasteiger partial charge in [-0.1, -0.05) is 13.0 Å². The first-order valence-electron chi connectivity index (χ1n) is 4.83. The maximum absolute atomic E-state index is 11.1. The summed E-state index contributed by atoms with van der Waals surface area (Å²) in [5, 5.41) is 8.22. The Balaban J connectivity index is 2.94. The summed E-state index contributed by atoms with van der Waals surface area (Å²) in [7, 11) is -3.61. The Hall–Kier alpha value is -1.07. The SMILES string of the molecule is CCC(C)Nc1cccc(S(N)(=O)=O)c1. The topological polar surface area (TPSA) is 72.2 Å². The first-order valence-corrected chi connectivity index (χ1v) is 6.37. The number of hydrogen-bond acceptors (Lipinski definition) is 3. The van der Waals surface area contributed by atoms with Gasteiger partial charge in [0.1, 0.15) is 0 Å². The summed E-state index contributed by atoms with van der Waals surface area (Å²) in [5.74, 6) is 0. The molecule has 1 unspecified atom stereocenters.